The predicted octanol–water partition coefficient (Wildman–Crippen LogP) is 4.76. The minimum atomic E-state index is -0.474. The van der Waals surface area contributed by atoms with Gasteiger partial charge in [0.15, 0.2) is 0 Å². The number of nitrogens with one attached hydrogen (secondary N) is 1. The minimum absolute atomic E-state index is 0.0425. The maximum absolute atomic E-state index is 13.4. The number of nitrogens with zero attached hydrogens (tertiary/aromatic N) is 3. The van der Waals surface area contributed by atoms with E-state index in [0.717, 1.165) is 16.9 Å². The van der Waals surface area contributed by atoms with Gasteiger partial charge >= 0.3 is 0 Å². The molecule has 0 atom stereocenters. The Hall–Kier alpha value is -4.46. The third-order valence-corrected chi connectivity index (χ3v) is 5.29. The number of aliphatic imine (C=N–C) groups is 1. The lowest BCUT2D eigenvalue weighted by Crippen LogP contribution is -2.19. The first-order valence-corrected chi connectivity index (χ1v) is 10.3. The van der Waals surface area contributed by atoms with Crippen LogP contribution in [-0.2, 0) is 6.54 Å². The molecule has 4 aromatic rings. The first-order chi connectivity index (χ1) is 16.0. The van der Waals surface area contributed by atoms with Gasteiger partial charge in [0.2, 0.25) is 0 Å². The Morgan fingerprint density at radius 2 is 1.70 bits per heavy atom. The molecule has 8 heteroatoms. The number of rotatable bonds is 7. The molecule has 0 saturated carbocycles. The van der Waals surface area contributed by atoms with E-state index < -0.39 is 4.92 Å². The second kappa shape index (κ2) is 9.35. The zero-order valence-electron chi connectivity index (χ0n) is 18.2. The molecule has 0 fully saturated rings. The maximum Gasteiger partial charge on any atom is 0.280 e. The van der Waals surface area contributed by atoms with Crippen molar-refractivity contribution < 1.29 is 9.66 Å². The largest absolute Gasteiger partial charge is 0.497 e. The molecule has 1 heterocycles. The number of aromatic amines is 1. The lowest BCUT2D eigenvalue weighted by Gasteiger charge is -2.04. The van der Waals surface area contributed by atoms with Gasteiger partial charge in [-0.2, -0.15) is 0 Å². The van der Waals surface area contributed by atoms with Crippen LogP contribution in [0.1, 0.15) is 18.1 Å². The Morgan fingerprint density at radius 3 is 2.30 bits per heavy atom. The van der Waals surface area contributed by atoms with E-state index >= 15 is 0 Å². The van der Waals surface area contributed by atoms with E-state index in [1.165, 1.54) is 16.8 Å². The topological polar surface area (TPSA) is 103 Å². The molecular weight excluding hydrogens is 420 g/mol. The van der Waals surface area contributed by atoms with Crippen molar-refractivity contribution in [3.05, 3.63) is 110 Å². The molecule has 8 nitrogen and oxygen atoms in total. The summed E-state index contributed by atoms with van der Waals surface area (Å²) in [5.74, 6) is 0.766. The average Bonchev–Trinajstić information content (AvgIpc) is 3.20. The Morgan fingerprint density at radius 1 is 1.03 bits per heavy atom. The van der Waals surface area contributed by atoms with Crippen molar-refractivity contribution in [3.63, 3.8) is 0 Å². The molecule has 4 rings (SSSR count). The van der Waals surface area contributed by atoms with Crippen LogP contribution in [0.4, 0.5) is 5.69 Å². The van der Waals surface area contributed by atoms with Crippen LogP contribution in [-0.4, -0.2) is 27.5 Å². The zero-order chi connectivity index (χ0) is 23.4. The van der Waals surface area contributed by atoms with Crippen molar-refractivity contribution >= 4 is 11.4 Å². The number of hydrogen-bond acceptors (Lipinski definition) is 5. The molecular formula is C25H22N4O4. The monoisotopic (exact) mass is 442 g/mol. The van der Waals surface area contributed by atoms with Crippen molar-refractivity contribution in [1.82, 2.24) is 9.78 Å². The molecule has 33 heavy (non-hydrogen) atoms. The average molecular weight is 442 g/mol. The molecule has 166 valence electrons. The van der Waals surface area contributed by atoms with Crippen LogP contribution in [0.3, 0.4) is 0 Å². The summed E-state index contributed by atoms with van der Waals surface area (Å²) in [7, 11) is 1.62. The van der Waals surface area contributed by atoms with Gasteiger partial charge in [-0.1, -0.05) is 42.5 Å². The Bertz CT molecular complexity index is 1350. The molecule has 1 aromatic heterocycles. The van der Waals surface area contributed by atoms with Gasteiger partial charge in [-0.25, -0.2) is 4.68 Å². The summed E-state index contributed by atoms with van der Waals surface area (Å²) in [6, 6.07) is 22.9. The molecule has 0 spiro atoms. The van der Waals surface area contributed by atoms with E-state index in [9.17, 15) is 14.9 Å². The minimum Gasteiger partial charge on any atom is -0.497 e. The highest BCUT2D eigenvalue weighted by Crippen LogP contribution is 2.22. The highest BCUT2D eigenvalue weighted by Gasteiger charge is 2.19. The van der Waals surface area contributed by atoms with Gasteiger partial charge in [0.1, 0.15) is 5.75 Å². The fourth-order valence-electron chi connectivity index (χ4n) is 3.51. The standard InChI is InChI=1S/C25H22N4O4/c1-17(26-16-18-8-14-22(33-2)15-9-18)23-24(19-6-4-3-5-7-19)27-28(25(23)30)20-10-12-21(13-11-20)29(31)32/h3-15,27H,16H2,1-2H3. The summed E-state index contributed by atoms with van der Waals surface area (Å²) >= 11 is 0. The summed E-state index contributed by atoms with van der Waals surface area (Å²) in [5.41, 5.74) is 3.68. The molecule has 0 saturated heterocycles. The quantitative estimate of drug-likeness (QED) is 0.253. The summed E-state index contributed by atoms with van der Waals surface area (Å²) in [6.45, 7) is 2.22. The SMILES string of the molecule is COc1ccc(CN=C(C)c2c(-c3ccccc3)[nH]n(-c3ccc([N+](=O)[O-])cc3)c2=O)cc1. The summed E-state index contributed by atoms with van der Waals surface area (Å²) in [4.78, 5) is 28.6. The van der Waals surface area contributed by atoms with Crippen molar-refractivity contribution in [3.8, 4) is 22.7 Å². The summed E-state index contributed by atoms with van der Waals surface area (Å²) < 4.78 is 6.57. The zero-order valence-corrected chi connectivity index (χ0v) is 18.2. The van der Waals surface area contributed by atoms with Crippen LogP contribution in [0.15, 0.2) is 88.6 Å². The summed E-state index contributed by atoms with van der Waals surface area (Å²) in [6.07, 6.45) is 0. The number of aromatic nitrogens is 2. The lowest BCUT2D eigenvalue weighted by atomic mass is 10.1. The fraction of sp³-hybridized carbons (Fsp3) is 0.120. The molecule has 0 amide bonds. The van der Waals surface area contributed by atoms with E-state index in [0.29, 0.717) is 29.2 Å². The number of hydrogen-bond donors (Lipinski definition) is 1. The number of non-ortho nitro benzene ring substituents is 1. The number of benzene rings is 3. The molecule has 3 aromatic carbocycles. The molecule has 1 N–H and O–H groups in total. The maximum atomic E-state index is 13.4. The Balaban J connectivity index is 1.76. The normalized spacial score (nSPS) is 11.4. The van der Waals surface area contributed by atoms with Crippen LogP contribution in [0.25, 0.3) is 16.9 Å². The third kappa shape index (κ3) is 4.59. The van der Waals surface area contributed by atoms with Gasteiger partial charge in [-0.05, 0) is 36.8 Å². The van der Waals surface area contributed by atoms with Gasteiger partial charge in [0.05, 0.1) is 35.5 Å². The highest BCUT2D eigenvalue weighted by atomic mass is 16.6. The molecule has 0 aliphatic rings. The van der Waals surface area contributed by atoms with Gasteiger partial charge in [-0.15, -0.1) is 0 Å². The van der Waals surface area contributed by atoms with E-state index in [4.69, 9.17) is 4.74 Å². The van der Waals surface area contributed by atoms with E-state index in [2.05, 4.69) is 10.1 Å². The Labute approximate surface area is 189 Å². The third-order valence-electron chi connectivity index (χ3n) is 5.29. The Kier molecular flexibility index (Phi) is 6.17. The van der Waals surface area contributed by atoms with Gasteiger partial charge in [0, 0.05) is 23.4 Å². The number of methoxy groups -OCH3 is 1. The molecule has 0 bridgehead atoms. The van der Waals surface area contributed by atoms with E-state index in [1.54, 1.807) is 26.2 Å². The van der Waals surface area contributed by atoms with Gasteiger partial charge in [0.25, 0.3) is 11.2 Å². The second-order valence-electron chi connectivity index (χ2n) is 7.39. The van der Waals surface area contributed by atoms with Crippen molar-refractivity contribution in [1.29, 1.82) is 0 Å². The predicted molar refractivity (Wildman–Crippen MR) is 127 cm³/mol. The van der Waals surface area contributed by atoms with Crippen LogP contribution in [0, 0.1) is 10.1 Å². The van der Waals surface area contributed by atoms with Crippen molar-refractivity contribution in [2.45, 2.75) is 13.5 Å². The smallest absolute Gasteiger partial charge is 0.280 e. The molecule has 0 radical (unpaired) electrons. The molecule has 0 unspecified atom stereocenters. The first kappa shape index (κ1) is 21.8. The van der Waals surface area contributed by atoms with Crippen molar-refractivity contribution in [2.75, 3.05) is 7.11 Å². The van der Waals surface area contributed by atoms with E-state index in [-0.39, 0.29) is 11.2 Å². The van der Waals surface area contributed by atoms with Crippen molar-refractivity contribution in [2.24, 2.45) is 4.99 Å². The van der Waals surface area contributed by atoms with Gasteiger partial charge in [-0.3, -0.25) is 25.0 Å². The van der Waals surface area contributed by atoms with Crippen LogP contribution >= 0.6 is 0 Å². The van der Waals surface area contributed by atoms with Crippen LogP contribution in [0.2, 0.25) is 0 Å². The molecule has 0 aliphatic heterocycles. The fourth-order valence-corrected chi connectivity index (χ4v) is 3.51. The second-order valence-corrected chi connectivity index (χ2v) is 7.39. The summed E-state index contributed by atoms with van der Waals surface area (Å²) in [5, 5.41) is 14.1. The van der Waals surface area contributed by atoms with Crippen LogP contribution < -0.4 is 10.3 Å². The number of nitro groups is 1. The highest BCUT2D eigenvalue weighted by molar-refractivity contribution is 6.03. The van der Waals surface area contributed by atoms with Crippen LogP contribution in [0.5, 0.6) is 5.75 Å². The number of nitro benzene ring substituents is 1. The van der Waals surface area contributed by atoms with E-state index in [1.807, 2.05) is 54.6 Å². The molecule has 0 aliphatic carbocycles. The first-order valence-electron chi connectivity index (χ1n) is 10.3. The lowest BCUT2D eigenvalue weighted by molar-refractivity contribution is -0.384. The van der Waals surface area contributed by atoms with Gasteiger partial charge < -0.3 is 4.74 Å². The number of ether oxygens (including phenoxy) is 1. The number of H-pyrrole nitrogens is 1.